The van der Waals surface area contributed by atoms with Gasteiger partial charge < -0.3 is 0 Å². The number of carbonyl (C=O) groups is 1. The average Bonchev–Trinajstić information content (AvgIpc) is 2.32. The minimum absolute atomic E-state index is 0.0319. The minimum Gasteiger partial charge on any atom is -0.288 e. The summed E-state index contributed by atoms with van der Waals surface area (Å²) >= 11 is 0. The van der Waals surface area contributed by atoms with Crippen molar-refractivity contribution in [3.8, 4) is 0 Å². The van der Waals surface area contributed by atoms with Gasteiger partial charge in [-0.15, -0.1) is 0 Å². The second kappa shape index (κ2) is 4.45. The maximum absolute atomic E-state index is 13.7. The fourth-order valence-electron chi connectivity index (χ4n) is 1.61. The molecule has 0 atom stereocenters. The number of halogens is 2. The largest absolute Gasteiger partial charge is 0.288 e. The Morgan fingerprint density at radius 3 is 2.47 bits per heavy atom. The van der Waals surface area contributed by atoms with Gasteiger partial charge in [0.2, 0.25) is 0 Å². The number of rotatable bonds is 2. The summed E-state index contributed by atoms with van der Waals surface area (Å²) in [7, 11) is 0. The molecule has 1 nitrogen and oxygen atoms in total. The topological polar surface area (TPSA) is 17.1 Å². The normalized spacial score (nSPS) is 10.3. The van der Waals surface area contributed by atoms with Crippen LogP contribution in [0, 0.1) is 18.6 Å². The highest BCUT2D eigenvalue weighted by molar-refractivity contribution is 6.09. The van der Waals surface area contributed by atoms with Crippen molar-refractivity contribution in [2.24, 2.45) is 0 Å². The number of hydrogen-bond donors (Lipinski definition) is 0. The van der Waals surface area contributed by atoms with Crippen LogP contribution in [0.5, 0.6) is 0 Å². The fourth-order valence-corrected chi connectivity index (χ4v) is 1.61. The number of carbonyl (C=O) groups excluding carboxylic acids is 1. The lowest BCUT2D eigenvalue weighted by atomic mass is 10.0. The second-order valence-corrected chi connectivity index (χ2v) is 3.78. The molecule has 0 heterocycles. The van der Waals surface area contributed by atoms with E-state index in [1.165, 1.54) is 24.3 Å². The molecule has 0 aliphatic carbocycles. The predicted molar refractivity (Wildman–Crippen MR) is 61.0 cm³/mol. The molecule has 0 aliphatic heterocycles. The molecule has 0 unspecified atom stereocenters. The lowest BCUT2D eigenvalue weighted by Gasteiger charge is -2.04. The molecule has 2 rings (SSSR count). The summed E-state index contributed by atoms with van der Waals surface area (Å²) in [5.41, 5.74) is 0.511. The molecule has 0 aliphatic rings. The van der Waals surface area contributed by atoms with Crippen LogP contribution >= 0.6 is 0 Å². The van der Waals surface area contributed by atoms with E-state index in [1.54, 1.807) is 19.1 Å². The molecule has 0 amide bonds. The van der Waals surface area contributed by atoms with Gasteiger partial charge in [-0.2, -0.15) is 0 Å². The number of hydrogen-bond acceptors (Lipinski definition) is 1. The average molecular weight is 232 g/mol. The fraction of sp³-hybridized carbons (Fsp3) is 0.0714. The molecule has 0 radical (unpaired) electrons. The third kappa shape index (κ3) is 2.23. The summed E-state index contributed by atoms with van der Waals surface area (Å²) in [6.45, 7) is 1.58. The van der Waals surface area contributed by atoms with Crippen molar-refractivity contribution in [2.75, 3.05) is 0 Å². The van der Waals surface area contributed by atoms with Crippen molar-refractivity contribution in [1.82, 2.24) is 0 Å². The van der Waals surface area contributed by atoms with E-state index in [-0.39, 0.29) is 11.1 Å². The Bertz CT molecular complexity index is 576. The van der Waals surface area contributed by atoms with E-state index in [9.17, 15) is 13.6 Å². The first kappa shape index (κ1) is 11.5. The first-order chi connectivity index (χ1) is 8.09. The van der Waals surface area contributed by atoms with Crippen molar-refractivity contribution in [2.45, 2.75) is 6.92 Å². The lowest BCUT2D eigenvalue weighted by Crippen LogP contribution is -2.05. The van der Waals surface area contributed by atoms with Crippen LogP contribution in [-0.4, -0.2) is 5.78 Å². The van der Waals surface area contributed by atoms with Crippen LogP contribution in [0.4, 0.5) is 8.78 Å². The molecule has 0 saturated heterocycles. The maximum atomic E-state index is 13.7. The zero-order chi connectivity index (χ0) is 12.4. The van der Waals surface area contributed by atoms with Gasteiger partial charge in [-0.1, -0.05) is 24.3 Å². The molecule has 0 saturated carbocycles. The molecule has 0 N–H and O–H groups in total. The van der Waals surface area contributed by atoms with E-state index in [1.807, 2.05) is 0 Å². The van der Waals surface area contributed by atoms with E-state index < -0.39 is 17.4 Å². The third-order valence-electron chi connectivity index (χ3n) is 2.52. The number of aryl methyl sites for hydroxylation is 1. The van der Waals surface area contributed by atoms with E-state index >= 15 is 0 Å². The lowest BCUT2D eigenvalue weighted by molar-refractivity contribution is 0.103. The highest BCUT2D eigenvalue weighted by Gasteiger charge is 2.15. The SMILES string of the molecule is Cc1cccc(C(=O)c2cccc(F)c2)c1F. The summed E-state index contributed by atoms with van der Waals surface area (Å²) in [6.07, 6.45) is 0. The molecular weight excluding hydrogens is 222 g/mol. The van der Waals surface area contributed by atoms with Crippen molar-refractivity contribution in [3.05, 3.63) is 70.8 Å². The van der Waals surface area contributed by atoms with E-state index in [0.29, 0.717) is 5.56 Å². The van der Waals surface area contributed by atoms with Crippen LogP contribution in [0.15, 0.2) is 42.5 Å². The monoisotopic (exact) mass is 232 g/mol. The molecule has 3 heteroatoms. The zero-order valence-electron chi connectivity index (χ0n) is 9.21. The van der Waals surface area contributed by atoms with Crippen LogP contribution in [0.25, 0.3) is 0 Å². The van der Waals surface area contributed by atoms with Gasteiger partial charge in [0.1, 0.15) is 11.6 Å². The summed E-state index contributed by atoms with van der Waals surface area (Å²) in [4.78, 5) is 12.0. The van der Waals surface area contributed by atoms with Crippen LogP contribution in [0.2, 0.25) is 0 Å². The van der Waals surface area contributed by atoms with Gasteiger partial charge in [-0.25, -0.2) is 8.78 Å². The maximum Gasteiger partial charge on any atom is 0.196 e. The molecule has 2 aromatic carbocycles. The third-order valence-corrected chi connectivity index (χ3v) is 2.52. The molecule has 2 aromatic rings. The molecule has 0 aromatic heterocycles. The Morgan fingerprint density at radius 2 is 1.76 bits per heavy atom. The summed E-state index contributed by atoms with van der Waals surface area (Å²) < 4.78 is 26.7. The Kier molecular flexibility index (Phi) is 3.00. The first-order valence-electron chi connectivity index (χ1n) is 5.15. The highest BCUT2D eigenvalue weighted by Crippen LogP contribution is 2.16. The Balaban J connectivity index is 2.48. The summed E-state index contributed by atoms with van der Waals surface area (Å²) in [5, 5.41) is 0. The molecule has 17 heavy (non-hydrogen) atoms. The molecule has 0 spiro atoms. The highest BCUT2D eigenvalue weighted by atomic mass is 19.1. The van der Waals surface area contributed by atoms with E-state index in [2.05, 4.69) is 0 Å². The summed E-state index contributed by atoms with van der Waals surface area (Å²) in [6, 6.07) is 9.81. The molecule has 86 valence electrons. The first-order valence-corrected chi connectivity index (χ1v) is 5.15. The quantitative estimate of drug-likeness (QED) is 0.724. The number of benzene rings is 2. The van der Waals surface area contributed by atoms with Crippen LogP contribution in [0.1, 0.15) is 21.5 Å². The summed E-state index contributed by atoms with van der Waals surface area (Å²) in [5.74, 6) is -1.57. The van der Waals surface area contributed by atoms with Crippen molar-refractivity contribution >= 4 is 5.78 Å². The van der Waals surface area contributed by atoms with Gasteiger partial charge in [-0.3, -0.25) is 4.79 Å². The van der Waals surface area contributed by atoms with Crippen LogP contribution < -0.4 is 0 Å². The van der Waals surface area contributed by atoms with Gasteiger partial charge in [-0.05, 0) is 30.7 Å². The zero-order valence-corrected chi connectivity index (χ0v) is 9.21. The van der Waals surface area contributed by atoms with Gasteiger partial charge >= 0.3 is 0 Å². The van der Waals surface area contributed by atoms with E-state index in [0.717, 1.165) is 6.07 Å². The van der Waals surface area contributed by atoms with Crippen molar-refractivity contribution in [1.29, 1.82) is 0 Å². The van der Waals surface area contributed by atoms with Gasteiger partial charge in [0.15, 0.2) is 5.78 Å². The van der Waals surface area contributed by atoms with Crippen LogP contribution in [0.3, 0.4) is 0 Å². The molecular formula is C14H10F2O. The van der Waals surface area contributed by atoms with Gasteiger partial charge in [0.05, 0.1) is 5.56 Å². The van der Waals surface area contributed by atoms with Gasteiger partial charge in [0, 0.05) is 5.56 Å². The smallest absolute Gasteiger partial charge is 0.196 e. The number of ketones is 1. The molecule has 0 fully saturated rings. The standard InChI is InChI=1S/C14H10F2O/c1-9-4-2-7-12(13(9)16)14(17)10-5-3-6-11(15)8-10/h2-8H,1H3. The van der Waals surface area contributed by atoms with Crippen LogP contribution in [-0.2, 0) is 0 Å². The predicted octanol–water partition coefficient (Wildman–Crippen LogP) is 3.50. The van der Waals surface area contributed by atoms with Gasteiger partial charge in [0.25, 0.3) is 0 Å². The van der Waals surface area contributed by atoms with Crippen molar-refractivity contribution in [3.63, 3.8) is 0 Å². The minimum atomic E-state index is -0.554. The Labute approximate surface area is 97.7 Å². The van der Waals surface area contributed by atoms with Crippen molar-refractivity contribution < 1.29 is 13.6 Å². The Hall–Kier alpha value is -2.03. The van der Waals surface area contributed by atoms with E-state index in [4.69, 9.17) is 0 Å². The second-order valence-electron chi connectivity index (χ2n) is 3.78. The molecule has 0 bridgehead atoms. The Morgan fingerprint density at radius 1 is 1.06 bits per heavy atom.